The predicted octanol–water partition coefficient (Wildman–Crippen LogP) is 4.17. The molecule has 134 valence electrons. The summed E-state index contributed by atoms with van der Waals surface area (Å²) < 4.78 is 14.8. The molecule has 0 saturated heterocycles. The van der Waals surface area contributed by atoms with Crippen LogP contribution in [0.1, 0.15) is 15.9 Å². The molecule has 8 heteroatoms. The highest BCUT2D eigenvalue weighted by molar-refractivity contribution is 6.33. The van der Waals surface area contributed by atoms with Crippen LogP contribution in [0.4, 0.5) is 10.1 Å². The lowest BCUT2D eigenvalue weighted by atomic mass is 10.1. The fourth-order valence-corrected chi connectivity index (χ4v) is 2.96. The summed E-state index contributed by atoms with van der Waals surface area (Å²) >= 11 is 5.96. The Bertz CT molecular complexity index is 1170. The van der Waals surface area contributed by atoms with Gasteiger partial charge in [0.25, 0.3) is 5.91 Å². The molecule has 0 spiro atoms. The van der Waals surface area contributed by atoms with Crippen molar-refractivity contribution in [1.82, 2.24) is 20.0 Å². The Morgan fingerprint density at radius 3 is 2.81 bits per heavy atom. The van der Waals surface area contributed by atoms with Gasteiger partial charge in [-0.15, -0.1) is 5.10 Å². The first-order chi connectivity index (χ1) is 13.0. The van der Waals surface area contributed by atoms with E-state index in [4.69, 9.17) is 11.6 Å². The first-order valence-electron chi connectivity index (χ1n) is 8.07. The largest absolute Gasteiger partial charge is 0.321 e. The van der Waals surface area contributed by atoms with Crippen LogP contribution in [0.5, 0.6) is 0 Å². The molecule has 1 amide bonds. The number of anilines is 1. The molecule has 4 rings (SSSR count). The van der Waals surface area contributed by atoms with Crippen LogP contribution in [0, 0.1) is 12.7 Å². The minimum Gasteiger partial charge on any atom is -0.321 e. The average molecular weight is 382 g/mol. The van der Waals surface area contributed by atoms with Gasteiger partial charge in [0.15, 0.2) is 5.65 Å². The summed E-state index contributed by atoms with van der Waals surface area (Å²) in [6.45, 7) is 1.87. The first kappa shape index (κ1) is 17.1. The summed E-state index contributed by atoms with van der Waals surface area (Å²) in [4.78, 5) is 16.8. The number of amides is 1. The highest BCUT2D eigenvalue weighted by atomic mass is 35.5. The van der Waals surface area contributed by atoms with Crippen molar-refractivity contribution >= 4 is 34.4 Å². The minimum absolute atomic E-state index is 0.136. The van der Waals surface area contributed by atoms with E-state index in [1.165, 1.54) is 12.1 Å². The van der Waals surface area contributed by atoms with Crippen LogP contribution in [0.25, 0.3) is 16.9 Å². The summed E-state index contributed by atoms with van der Waals surface area (Å²) in [7, 11) is 0. The fourth-order valence-electron chi connectivity index (χ4n) is 2.75. The normalized spacial score (nSPS) is 10.9. The van der Waals surface area contributed by atoms with E-state index in [9.17, 15) is 9.18 Å². The van der Waals surface area contributed by atoms with Gasteiger partial charge in [0.1, 0.15) is 11.3 Å². The standard InChI is InChI=1S/C19H13ClFN5O/c1-11-9-12(19(27)23-15-6-5-13(21)10-14(15)20)4-7-17(11)26-18-16(24-25-26)3-2-8-22-18/h2-10H,1H3,(H,23,27). The van der Waals surface area contributed by atoms with Crippen molar-refractivity contribution in [3.63, 3.8) is 0 Å². The minimum atomic E-state index is -0.466. The SMILES string of the molecule is Cc1cc(C(=O)Nc2ccc(F)cc2Cl)ccc1-n1nnc2cccnc21. The van der Waals surface area contributed by atoms with Crippen LogP contribution < -0.4 is 5.32 Å². The van der Waals surface area contributed by atoms with Crippen molar-refractivity contribution in [3.8, 4) is 5.69 Å². The van der Waals surface area contributed by atoms with Gasteiger partial charge in [0.05, 0.1) is 16.4 Å². The molecular formula is C19H13ClFN5O. The van der Waals surface area contributed by atoms with Gasteiger partial charge >= 0.3 is 0 Å². The average Bonchev–Trinajstić information content (AvgIpc) is 3.08. The molecule has 2 heterocycles. The maximum atomic E-state index is 13.1. The Balaban J connectivity index is 1.64. The highest BCUT2D eigenvalue weighted by Gasteiger charge is 2.14. The van der Waals surface area contributed by atoms with E-state index in [0.717, 1.165) is 17.3 Å². The van der Waals surface area contributed by atoms with E-state index >= 15 is 0 Å². The summed E-state index contributed by atoms with van der Waals surface area (Å²) in [6.07, 6.45) is 1.67. The van der Waals surface area contributed by atoms with Crippen LogP contribution in [0.15, 0.2) is 54.7 Å². The summed E-state index contributed by atoms with van der Waals surface area (Å²) in [5.74, 6) is -0.813. The fraction of sp³-hybridized carbons (Fsp3) is 0.0526. The molecule has 0 atom stereocenters. The van der Waals surface area contributed by atoms with Gasteiger partial charge in [-0.1, -0.05) is 16.8 Å². The van der Waals surface area contributed by atoms with E-state index in [1.54, 1.807) is 35.1 Å². The molecule has 0 aliphatic heterocycles. The van der Waals surface area contributed by atoms with E-state index in [0.29, 0.717) is 22.4 Å². The molecule has 0 fully saturated rings. The van der Waals surface area contributed by atoms with Crippen LogP contribution in [-0.2, 0) is 0 Å². The third-order valence-electron chi connectivity index (χ3n) is 4.08. The van der Waals surface area contributed by atoms with Gasteiger partial charge in [0.2, 0.25) is 0 Å². The molecule has 2 aromatic carbocycles. The monoisotopic (exact) mass is 381 g/mol. The number of nitrogens with zero attached hydrogens (tertiary/aromatic N) is 4. The maximum Gasteiger partial charge on any atom is 0.255 e. The lowest BCUT2D eigenvalue weighted by molar-refractivity contribution is 0.102. The van der Waals surface area contributed by atoms with Crippen molar-refractivity contribution in [3.05, 3.63) is 76.7 Å². The number of fused-ring (bicyclic) bond motifs is 1. The van der Waals surface area contributed by atoms with E-state index in [-0.39, 0.29) is 10.9 Å². The van der Waals surface area contributed by atoms with Crippen LogP contribution in [0.2, 0.25) is 5.02 Å². The number of carbonyl (C=O) groups is 1. The molecule has 27 heavy (non-hydrogen) atoms. The first-order valence-corrected chi connectivity index (χ1v) is 8.44. The topological polar surface area (TPSA) is 72.7 Å². The van der Waals surface area contributed by atoms with Crippen molar-refractivity contribution in [2.75, 3.05) is 5.32 Å². The van der Waals surface area contributed by atoms with Gasteiger partial charge in [-0.25, -0.2) is 9.37 Å². The Morgan fingerprint density at radius 2 is 2.04 bits per heavy atom. The molecule has 0 unspecified atom stereocenters. The zero-order valence-electron chi connectivity index (χ0n) is 14.1. The third-order valence-corrected chi connectivity index (χ3v) is 4.39. The second kappa shape index (κ2) is 6.77. The highest BCUT2D eigenvalue weighted by Crippen LogP contribution is 2.24. The molecule has 0 bridgehead atoms. The van der Waals surface area contributed by atoms with Crippen molar-refractivity contribution in [1.29, 1.82) is 0 Å². The van der Waals surface area contributed by atoms with E-state index in [2.05, 4.69) is 20.6 Å². The van der Waals surface area contributed by atoms with E-state index < -0.39 is 5.82 Å². The number of nitrogens with one attached hydrogen (secondary N) is 1. The number of benzene rings is 2. The Hall–Kier alpha value is -3.32. The zero-order valence-corrected chi connectivity index (χ0v) is 14.9. The Morgan fingerprint density at radius 1 is 1.19 bits per heavy atom. The summed E-state index contributed by atoms with van der Waals surface area (Å²) in [5.41, 5.74) is 3.70. The molecule has 6 nitrogen and oxygen atoms in total. The summed E-state index contributed by atoms with van der Waals surface area (Å²) in [5, 5.41) is 11.0. The molecular weight excluding hydrogens is 369 g/mol. The van der Waals surface area contributed by atoms with Gasteiger partial charge in [-0.3, -0.25) is 4.79 Å². The Kier molecular flexibility index (Phi) is 4.29. The lowest BCUT2D eigenvalue weighted by Gasteiger charge is -2.10. The lowest BCUT2D eigenvalue weighted by Crippen LogP contribution is -2.13. The van der Waals surface area contributed by atoms with Gasteiger partial charge in [-0.2, -0.15) is 4.68 Å². The smallest absolute Gasteiger partial charge is 0.255 e. The third kappa shape index (κ3) is 3.24. The molecule has 1 N–H and O–H groups in total. The number of aromatic nitrogens is 4. The molecule has 0 aliphatic carbocycles. The number of rotatable bonds is 3. The Labute approximate surface area is 158 Å². The second-order valence-electron chi connectivity index (χ2n) is 5.93. The number of aryl methyl sites for hydroxylation is 1. The number of carbonyl (C=O) groups excluding carboxylic acids is 1. The molecule has 0 radical (unpaired) electrons. The quantitative estimate of drug-likeness (QED) is 0.578. The number of halogens is 2. The van der Waals surface area contributed by atoms with E-state index in [1.807, 2.05) is 13.0 Å². The maximum absolute atomic E-state index is 13.1. The van der Waals surface area contributed by atoms with Gasteiger partial charge in [0, 0.05) is 11.8 Å². The van der Waals surface area contributed by atoms with Crippen LogP contribution in [0.3, 0.4) is 0 Å². The van der Waals surface area contributed by atoms with Crippen molar-refractivity contribution in [2.45, 2.75) is 6.92 Å². The van der Waals surface area contributed by atoms with Crippen molar-refractivity contribution in [2.24, 2.45) is 0 Å². The predicted molar refractivity (Wildman–Crippen MR) is 101 cm³/mol. The number of pyridine rings is 1. The van der Waals surface area contributed by atoms with Gasteiger partial charge < -0.3 is 5.32 Å². The zero-order chi connectivity index (χ0) is 19.0. The van der Waals surface area contributed by atoms with Crippen molar-refractivity contribution < 1.29 is 9.18 Å². The second-order valence-corrected chi connectivity index (χ2v) is 6.33. The van der Waals surface area contributed by atoms with Crippen LogP contribution >= 0.6 is 11.6 Å². The molecule has 0 aliphatic rings. The number of hydrogen-bond donors (Lipinski definition) is 1. The number of hydrogen-bond acceptors (Lipinski definition) is 4. The molecule has 4 aromatic rings. The van der Waals surface area contributed by atoms with Gasteiger partial charge in [-0.05, 0) is 61.0 Å². The van der Waals surface area contributed by atoms with Crippen LogP contribution in [-0.4, -0.2) is 25.9 Å². The molecule has 2 aromatic heterocycles. The molecule has 0 saturated carbocycles. The summed E-state index contributed by atoms with van der Waals surface area (Å²) in [6, 6.07) is 12.6.